The molecule has 8 heteroatoms. The molecule has 0 unspecified atom stereocenters. The first-order valence-corrected chi connectivity index (χ1v) is 6.24. The topological polar surface area (TPSA) is 47.8 Å². The lowest BCUT2D eigenvalue weighted by Gasteiger charge is -1.99. The zero-order valence-electron chi connectivity index (χ0n) is 10.2. The molecule has 2 aromatic heterocycles. The van der Waals surface area contributed by atoms with E-state index in [1.54, 1.807) is 7.05 Å². The number of rotatable bonds is 3. The Hall–Kier alpha value is -1.70. The molecule has 0 saturated carbocycles. The number of carbonyl (C=O) groups is 1. The molecule has 0 N–H and O–H groups in total. The van der Waals surface area contributed by atoms with Crippen LogP contribution in [0.2, 0.25) is 0 Å². The normalized spacial score (nSPS) is 11.8. The Balaban J connectivity index is 2.36. The van der Waals surface area contributed by atoms with Crippen LogP contribution < -0.4 is 0 Å². The first-order chi connectivity index (χ1) is 8.82. The van der Waals surface area contributed by atoms with Crippen LogP contribution in [0.1, 0.15) is 32.9 Å². The Labute approximate surface area is 110 Å². The molecule has 2 heterocycles. The molecule has 0 fully saturated rings. The number of hydrogen-bond donors (Lipinski definition) is 0. The van der Waals surface area contributed by atoms with Crippen molar-refractivity contribution in [3.8, 4) is 0 Å². The van der Waals surface area contributed by atoms with Gasteiger partial charge in [-0.1, -0.05) is 6.92 Å². The third kappa shape index (κ3) is 2.67. The molecule has 0 aromatic carbocycles. The monoisotopic (exact) mass is 289 g/mol. The van der Waals surface area contributed by atoms with E-state index >= 15 is 0 Å². The first-order valence-electron chi connectivity index (χ1n) is 5.43. The van der Waals surface area contributed by atoms with Crippen LogP contribution in [0.3, 0.4) is 0 Å². The standard InChI is InChI=1S/C11H10F3N3OS/c1-3-7-6(5-17(2)16-7)9(18)8-4-15-10(19-8)11(12,13)14/h4-5H,3H2,1-2H3. The van der Waals surface area contributed by atoms with Crippen molar-refractivity contribution in [2.45, 2.75) is 19.5 Å². The summed E-state index contributed by atoms with van der Waals surface area (Å²) in [5.74, 6) is -0.474. The van der Waals surface area contributed by atoms with Crippen LogP contribution in [-0.4, -0.2) is 20.5 Å². The SMILES string of the molecule is CCc1nn(C)cc1C(=O)c1cnc(C(F)(F)F)s1. The summed E-state index contributed by atoms with van der Waals surface area (Å²) in [6, 6.07) is 0. The van der Waals surface area contributed by atoms with Gasteiger partial charge < -0.3 is 0 Å². The average molecular weight is 289 g/mol. The van der Waals surface area contributed by atoms with Gasteiger partial charge in [0.05, 0.1) is 16.1 Å². The van der Waals surface area contributed by atoms with E-state index in [1.165, 1.54) is 10.9 Å². The minimum Gasteiger partial charge on any atom is -0.287 e. The zero-order valence-corrected chi connectivity index (χ0v) is 11.0. The largest absolute Gasteiger partial charge is 0.443 e. The number of alkyl halides is 3. The van der Waals surface area contributed by atoms with E-state index in [4.69, 9.17) is 0 Å². The second-order valence-electron chi connectivity index (χ2n) is 3.87. The third-order valence-electron chi connectivity index (χ3n) is 2.46. The molecule has 0 spiro atoms. The minimum atomic E-state index is -4.52. The highest BCUT2D eigenvalue weighted by atomic mass is 32.1. The van der Waals surface area contributed by atoms with Gasteiger partial charge in [-0.15, -0.1) is 11.3 Å². The molecular weight excluding hydrogens is 279 g/mol. The number of aromatic nitrogens is 3. The fraction of sp³-hybridized carbons (Fsp3) is 0.364. The quantitative estimate of drug-likeness (QED) is 0.816. The molecule has 0 atom stereocenters. The number of nitrogens with zero attached hydrogens (tertiary/aromatic N) is 3. The fourth-order valence-corrected chi connectivity index (χ4v) is 2.37. The van der Waals surface area contributed by atoms with Gasteiger partial charge in [-0.2, -0.15) is 18.3 Å². The fourth-order valence-electron chi connectivity index (χ4n) is 1.63. The summed E-state index contributed by atoms with van der Waals surface area (Å²) in [4.78, 5) is 15.3. The van der Waals surface area contributed by atoms with E-state index in [2.05, 4.69) is 10.1 Å². The summed E-state index contributed by atoms with van der Waals surface area (Å²) in [6.45, 7) is 1.83. The van der Waals surface area contributed by atoms with E-state index in [9.17, 15) is 18.0 Å². The van der Waals surface area contributed by atoms with Crippen LogP contribution in [0.25, 0.3) is 0 Å². The highest BCUT2D eigenvalue weighted by molar-refractivity contribution is 7.14. The predicted octanol–water partition coefficient (Wildman–Crippen LogP) is 2.69. The Bertz CT molecular complexity index is 615. The molecular formula is C11H10F3N3OS. The third-order valence-corrected chi connectivity index (χ3v) is 3.50. The average Bonchev–Trinajstić information content (AvgIpc) is 2.93. The van der Waals surface area contributed by atoms with E-state index in [-0.39, 0.29) is 4.88 Å². The Morgan fingerprint density at radius 1 is 1.47 bits per heavy atom. The molecule has 0 aliphatic heterocycles. The lowest BCUT2D eigenvalue weighted by Crippen LogP contribution is -2.03. The van der Waals surface area contributed by atoms with E-state index in [1.807, 2.05) is 6.92 Å². The van der Waals surface area contributed by atoms with Gasteiger partial charge >= 0.3 is 6.18 Å². The Kier molecular flexibility index (Phi) is 3.44. The van der Waals surface area contributed by atoms with Crippen LogP contribution in [0.15, 0.2) is 12.4 Å². The maximum Gasteiger partial charge on any atom is 0.443 e. The van der Waals surface area contributed by atoms with Crippen molar-refractivity contribution >= 4 is 17.1 Å². The molecule has 2 rings (SSSR count). The number of thiazole rings is 1. The van der Waals surface area contributed by atoms with Gasteiger partial charge in [0.2, 0.25) is 5.78 Å². The lowest BCUT2D eigenvalue weighted by molar-refractivity contribution is -0.137. The summed E-state index contributed by atoms with van der Waals surface area (Å²) in [6.07, 6.45) is -1.52. The smallest absolute Gasteiger partial charge is 0.287 e. The molecule has 0 bridgehead atoms. The van der Waals surface area contributed by atoms with Crippen molar-refractivity contribution in [1.82, 2.24) is 14.8 Å². The lowest BCUT2D eigenvalue weighted by atomic mass is 10.1. The van der Waals surface area contributed by atoms with Gasteiger partial charge in [-0.3, -0.25) is 9.48 Å². The summed E-state index contributed by atoms with van der Waals surface area (Å²) in [5, 5.41) is 3.07. The van der Waals surface area contributed by atoms with Gasteiger partial charge in [-0.05, 0) is 6.42 Å². The van der Waals surface area contributed by atoms with Crippen molar-refractivity contribution in [3.05, 3.63) is 33.5 Å². The number of hydrogen-bond acceptors (Lipinski definition) is 4. The molecule has 0 radical (unpaired) electrons. The molecule has 19 heavy (non-hydrogen) atoms. The number of aryl methyl sites for hydroxylation is 2. The van der Waals surface area contributed by atoms with Gasteiger partial charge in [0.15, 0.2) is 5.01 Å². The van der Waals surface area contributed by atoms with Crippen LogP contribution in [0.4, 0.5) is 13.2 Å². The summed E-state index contributed by atoms with van der Waals surface area (Å²) < 4.78 is 38.8. The van der Waals surface area contributed by atoms with Crippen molar-refractivity contribution in [2.75, 3.05) is 0 Å². The maximum atomic E-state index is 12.4. The molecule has 0 aliphatic rings. The van der Waals surface area contributed by atoms with Gasteiger partial charge in [-0.25, -0.2) is 4.98 Å². The molecule has 0 aliphatic carbocycles. The molecule has 0 amide bonds. The van der Waals surface area contributed by atoms with Gasteiger partial charge in [0, 0.05) is 19.4 Å². The Morgan fingerprint density at radius 2 is 2.16 bits per heavy atom. The Morgan fingerprint density at radius 3 is 2.68 bits per heavy atom. The van der Waals surface area contributed by atoms with Crippen LogP contribution in [0, 0.1) is 0 Å². The highest BCUT2D eigenvalue weighted by Crippen LogP contribution is 2.33. The maximum absolute atomic E-state index is 12.4. The summed E-state index contributed by atoms with van der Waals surface area (Å²) in [5.41, 5.74) is 0.886. The number of halogens is 3. The van der Waals surface area contributed by atoms with Crippen molar-refractivity contribution in [1.29, 1.82) is 0 Å². The first kappa shape index (κ1) is 13.7. The van der Waals surface area contributed by atoms with Crippen molar-refractivity contribution in [2.24, 2.45) is 7.05 Å². The van der Waals surface area contributed by atoms with E-state index in [0.717, 1.165) is 6.20 Å². The zero-order chi connectivity index (χ0) is 14.2. The van der Waals surface area contributed by atoms with Crippen molar-refractivity contribution in [3.63, 3.8) is 0 Å². The number of carbonyl (C=O) groups excluding carboxylic acids is 1. The van der Waals surface area contributed by atoms with Crippen LogP contribution >= 0.6 is 11.3 Å². The van der Waals surface area contributed by atoms with Crippen LogP contribution in [-0.2, 0) is 19.6 Å². The van der Waals surface area contributed by atoms with Gasteiger partial charge in [0.25, 0.3) is 0 Å². The minimum absolute atomic E-state index is 0.0324. The molecule has 0 saturated heterocycles. The van der Waals surface area contributed by atoms with Crippen LogP contribution in [0.5, 0.6) is 0 Å². The second kappa shape index (κ2) is 4.76. The molecule has 102 valence electrons. The van der Waals surface area contributed by atoms with Gasteiger partial charge in [0.1, 0.15) is 0 Å². The molecule has 2 aromatic rings. The van der Waals surface area contributed by atoms with E-state index < -0.39 is 17.0 Å². The van der Waals surface area contributed by atoms with E-state index in [0.29, 0.717) is 29.0 Å². The second-order valence-corrected chi connectivity index (χ2v) is 4.90. The predicted molar refractivity (Wildman–Crippen MR) is 63.1 cm³/mol. The van der Waals surface area contributed by atoms with Crippen molar-refractivity contribution < 1.29 is 18.0 Å². The summed E-state index contributed by atoms with van der Waals surface area (Å²) >= 11 is 0.349. The highest BCUT2D eigenvalue weighted by Gasteiger charge is 2.35. The number of ketones is 1. The summed E-state index contributed by atoms with van der Waals surface area (Å²) in [7, 11) is 1.66. The molecule has 4 nitrogen and oxygen atoms in total.